The van der Waals surface area contributed by atoms with Crippen LogP contribution >= 0.6 is 15.9 Å². The average molecular weight is 252 g/mol. The van der Waals surface area contributed by atoms with Crippen LogP contribution in [0.4, 0.5) is 0 Å². The summed E-state index contributed by atoms with van der Waals surface area (Å²) >= 11 is 3.26. The first-order chi connectivity index (χ1) is 6.68. The Morgan fingerprint density at radius 2 is 2.14 bits per heavy atom. The van der Waals surface area contributed by atoms with Crippen molar-refractivity contribution in [1.82, 2.24) is 9.97 Å². The van der Waals surface area contributed by atoms with Gasteiger partial charge >= 0.3 is 0 Å². The van der Waals surface area contributed by atoms with E-state index in [9.17, 15) is 9.90 Å². The number of carbonyl (C=O) groups is 1. The number of carbonyl (C=O) groups excluding carboxylic acids is 1. The second-order valence-electron chi connectivity index (χ2n) is 2.70. The number of hydrogen-bond donors (Lipinski definition) is 0. The number of rotatable bonds is 1. The Balaban J connectivity index is 2.76. The molecule has 0 bridgehead atoms. The van der Waals surface area contributed by atoms with Crippen LogP contribution in [0.3, 0.4) is 0 Å². The van der Waals surface area contributed by atoms with Gasteiger partial charge in [0.15, 0.2) is 0 Å². The van der Waals surface area contributed by atoms with Crippen molar-refractivity contribution in [2.45, 2.75) is 0 Å². The summed E-state index contributed by atoms with van der Waals surface area (Å²) in [7, 11) is 0. The van der Waals surface area contributed by atoms with E-state index in [-0.39, 0.29) is 5.56 Å². The molecule has 0 unspecified atom stereocenters. The molecule has 0 spiro atoms. The molecule has 0 aromatic carbocycles. The highest BCUT2D eigenvalue weighted by Crippen LogP contribution is 2.21. The van der Waals surface area contributed by atoms with E-state index >= 15 is 0 Å². The molecule has 0 N–H and O–H groups in total. The fourth-order valence-electron chi connectivity index (χ4n) is 1.12. The average Bonchev–Trinajstić information content (AvgIpc) is 2.18. The predicted octanol–water partition coefficient (Wildman–Crippen LogP) is 0.756. The smallest absolute Gasteiger partial charge is 0.0896 e. The van der Waals surface area contributed by atoms with Crippen molar-refractivity contribution >= 4 is 32.8 Å². The highest BCUT2D eigenvalue weighted by atomic mass is 79.9. The minimum absolute atomic E-state index is 0.0596. The third kappa shape index (κ3) is 1.46. The third-order valence-electron chi connectivity index (χ3n) is 1.80. The van der Waals surface area contributed by atoms with E-state index < -0.39 is 5.97 Å². The van der Waals surface area contributed by atoms with Crippen LogP contribution in [0.5, 0.6) is 0 Å². The molecule has 0 saturated carbocycles. The molecule has 0 aliphatic carbocycles. The Kier molecular flexibility index (Phi) is 2.17. The molecule has 5 heteroatoms. The fraction of sp³-hybridized carbons (Fsp3) is 0. The largest absolute Gasteiger partial charge is 0.545 e. The molecule has 0 saturated heterocycles. The van der Waals surface area contributed by atoms with Gasteiger partial charge in [-0.3, -0.25) is 9.97 Å². The van der Waals surface area contributed by atoms with Gasteiger partial charge in [0.2, 0.25) is 0 Å². The summed E-state index contributed by atoms with van der Waals surface area (Å²) in [6.07, 6.45) is 4.41. The molecule has 0 amide bonds. The van der Waals surface area contributed by atoms with Gasteiger partial charge in [-0.15, -0.1) is 0 Å². The summed E-state index contributed by atoms with van der Waals surface area (Å²) in [5.41, 5.74) is 0.703. The van der Waals surface area contributed by atoms with Gasteiger partial charge in [0, 0.05) is 27.8 Å². The minimum atomic E-state index is -1.23. The Labute approximate surface area is 87.7 Å². The van der Waals surface area contributed by atoms with E-state index in [0.29, 0.717) is 15.4 Å². The molecule has 2 rings (SSSR count). The maximum Gasteiger partial charge on any atom is 0.0896 e. The zero-order valence-corrected chi connectivity index (χ0v) is 8.48. The van der Waals surface area contributed by atoms with Crippen molar-refractivity contribution in [2.24, 2.45) is 0 Å². The summed E-state index contributed by atoms with van der Waals surface area (Å²) in [4.78, 5) is 18.4. The van der Waals surface area contributed by atoms with Crippen molar-refractivity contribution in [3.05, 3.63) is 34.7 Å². The molecule has 0 aliphatic heterocycles. The predicted molar refractivity (Wildman–Crippen MR) is 51.6 cm³/mol. The van der Waals surface area contributed by atoms with Crippen LogP contribution in [0.1, 0.15) is 10.4 Å². The number of aromatic nitrogens is 2. The summed E-state index contributed by atoms with van der Waals surface area (Å²) < 4.78 is 0.714. The number of halogens is 1. The fourth-order valence-corrected chi connectivity index (χ4v) is 1.56. The molecule has 0 fully saturated rings. The van der Waals surface area contributed by atoms with Gasteiger partial charge in [0.1, 0.15) is 0 Å². The van der Waals surface area contributed by atoms with E-state index in [0.717, 1.165) is 0 Å². The van der Waals surface area contributed by atoms with Crippen molar-refractivity contribution in [3.63, 3.8) is 0 Å². The maximum atomic E-state index is 10.6. The van der Waals surface area contributed by atoms with Gasteiger partial charge in [-0.05, 0) is 22.0 Å². The third-order valence-corrected chi connectivity index (χ3v) is 2.43. The Morgan fingerprint density at radius 3 is 2.86 bits per heavy atom. The number of pyridine rings is 2. The van der Waals surface area contributed by atoms with Gasteiger partial charge < -0.3 is 9.90 Å². The molecular formula is C9H4BrN2O2-. The van der Waals surface area contributed by atoms with Crippen LogP contribution in [0, 0.1) is 0 Å². The van der Waals surface area contributed by atoms with Crippen LogP contribution < -0.4 is 5.11 Å². The first-order valence-corrected chi connectivity index (χ1v) is 4.58. The lowest BCUT2D eigenvalue weighted by atomic mass is 10.2. The Bertz CT molecular complexity index is 513. The summed E-state index contributed by atoms with van der Waals surface area (Å²) in [5.74, 6) is -1.23. The maximum absolute atomic E-state index is 10.6. The van der Waals surface area contributed by atoms with Gasteiger partial charge in [-0.1, -0.05) is 0 Å². The lowest BCUT2D eigenvalue weighted by Crippen LogP contribution is -2.22. The summed E-state index contributed by atoms with van der Waals surface area (Å²) in [5, 5.41) is 11.3. The molecule has 70 valence electrons. The number of nitrogens with zero attached hydrogens (tertiary/aromatic N) is 2. The van der Waals surface area contributed by atoms with Crippen LogP contribution in [-0.4, -0.2) is 15.9 Å². The topological polar surface area (TPSA) is 65.9 Å². The number of carboxylic acid groups (broad SMARTS) is 1. The lowest BCUT2D eigenvalue weighted by molar-refractivity contribution is -0.255. The number of fused-ring (bicyclic) bond motifs is 1. The molecular weight excluding hydrogens is 248 g/mol. The molecule has 4 nitrogen and oxygen atoms in total. The Morgan fingerprint density at radius 1 is 1.36 bits per heavy atom. The highest BCUT2D eigenvalue weighted by Gasteiger charge is 2.02. The molecule has 2 aromatic rings. The van der Waals surface area contributed by atoms with Gasteiger partial charge in [-0.2, -0.15) is 0 Å². The normalized spacial score (nSPS) is 10.4. The zero-order valence-electron chi connectivity index (χ0n) is 6.90. The van der Waals surface area contributed by atoms with Crippen molar-refractivity contribution in [3.8, 4) is 0 Å². The van der Waals surface area contributed by atoms with Crippen LogP contribution in [-0.2, 0) is 0 Å². The molecule has 2 aromatic heterocycles. The van der Waals surface area contributed by atoms with Gasteiger partial charge in [0.25, 0.3) is 0 Å². The first-order valence-electron chi connectivity index (χ1n) is 3.79. The van der Waals surface area contributed by atoms with E-state index in [1.807, 2.05) is 0 Å². The SMILES string of the molecule is O=C([O-])c1cnc2cncc(Br)c2c1. The molecule has 0 radical (unpaired) electrons. The van der Waals surface area contributed by atoms with Crippen LogP contribution in [0.25, 0.3) is 10.9 Å². The number of hydrogen-bond acceptors (Lipinski definition) is 4. The van der Waals surface area contributed by atoms with Crippen molar-refractivity contribution < 1.29 is 9.90 Å². The number of aromatic carboxylic acids is 1. The molecule has 14 heavy (non-hydrogen) atoms. The van der Waals surface area contributed by atoms with Crippen LogP contribution in [0.2, 0.25) is 0 Å². The second-order valence-corrected chi connectivity index (χ2v) is 3.55. The van der Waals surface area contributed by atoms with E-state index in [4.69, 9.17) is 0 Å². The summed E-state index contributed by atoms with van der Waals surface area (Å²) in [6.45, 7) is 0. The second kappa shape index (κ2) is 3.34. The first kappa shape index (κ1) is 9.08. The van der Waals surface area contributed by atoms with Gasteiger partial charge in [0.05, 0.1) is 17.7 Å². The van der Waals surface area contributed by atoms with Crippen molar-refractivity contribution in [2.75, 3.05) is 0 Å². The molecule has 0 aliphatic rings. The van der Waals surface area contributed by atoms with E-state index in [1.165, 1.54) is 12.3 Å². The quantitative estimate of drug-likeness (QED) is 0.751. The number of carboxylic acids is 1. The Hall–Kier alpha value is -1.49. The van der Waals surface area contributed by atoms with E-state index in [1.54, 1.807) is 12.4 Å². The lowest BCUT2D eigenvalue weighted by Gasteiger charge is -2.04. The molecule has 0 atom stereocenters. The zero-order chi connectivity index (χ0) is 10.1. The summed E-state index contributed by atoms with van der Waals surface area (Å²) in [6, 6.07) is 1.50. The van der Waals surface area contributed by atoms with Crippen molar-refractivity contribution in [1.29, 1.82) is 0 Å². The van der Waals surface area contributed by atoms with Gasteiger partial charge in [-0.25, -0.2) is 0 Å². The highest BCUT2D eigenvalue weighted by molar-refractivity contribution is 9.10. The van der Waals surface area contributed by atoms with Crippen LogP contribution in [0.15, 0.2) is 29.1 Å². The monoisotopic (exact) mass is 251 g/mol. The standard InChI is InChI=1S/C9H5BrN2O2/c10-7-3-11-4-8-6(7)1-5(2-12-8)9(13)14/h1-4H,(H,13,14)/p-1. The molecule has 2 heterocycles. The van der Waals surface area contributed by atoms with E-state index in [2.05, 4.69) is 25.9 Å². The minimum Gasteiger partial charge on any atom is -0.545 e.